The molecular weight excluding hydrogens is 429 g/mol. The van der Waals surface area contributed by atoms with Crippen molar-refractivity contribution in [2.24, 2.45) is 0 Å². The van der Waals surface area contributed by atoms with Crippen LogP contribution in [0.15, 0.2) is 48.0 Å². The van der Waals surface area contributed by atoms with Gasteiger partial charge in [0.1, 0.15) is 5.75 Å². The van der Waals surface area contributed by atoms with E-state index < -0.39 is 13.1 Å². The Labute approximate surface area is 179 Å². The molecule has 0 spiro atoms. The van der Waals surface area contributed by atoms with E-state index in [2.05, 4.69) is 0 Å². The fourth-order valence-corrected chi connectivity index (χ4v) is 4.12. The smallest absolute Gasteiger partial charge is 0.394 e. The standard InChI is InChI=1S/C21H21ClNO6P/c1-13-17(12-20(24)30(26,28-3)29-4)18-11-16(27-2)9-10-19(18)23(13)21(25)14-5-7-15(22)8-6-14/h5-12,24H,1-4H3. The molecule has 0 saturated carbocycles. The Kier molecular flexibility index (Phi) is 6.38. The number of benzene rings is 2. The number of carbonyl (C=O) groups excluding carboxylic acids is 1. The molecule has 0 aliphatic carbocycles. The molecule has 1 N–H and O–H groups in total. The van der Waals surface area contributed by atoms with Gasteiger partial charge < -0.3 is 18.9 Å². The first-order chi connectivity index (χ1) is 14.3. The molecule has 1 aromatic heterocycles. The Morgan fingerprint density at radius 3 is 2.30 bits per heavy atom. The van der Waals surface area contributed by atoms with Gasteiger partial charge in [-0.2, -0.15) is 0 Å². The third-order valence-corrected chi connectivity index (χ3v) is 6.69. The van der Waals surface area contributed by atoms with Crippen LogP contribution < -0.4 is 4.74 Å². The normalized spacial score (nSPS) is 12.4. The first-order valence-corrected chi connectivity index (χ1v) is 10.8. The van der Waals surface area contributed by atoms with Gasteiger partial charge in [-0.3, -0.25) is 13.9 Å². The van der Waals surface area contributed by atoms with Crippen molar-refractivity contribution in [3.05, 3.63) is 69.8 Å². The maximum absolute atomic E-state index is 13.3. The van der Waals surface area contributed by atoms with E-state index in [1.165, 1.54) is 32.0 Å². The number of ether oxygens (including phenoxy) is 1. The lowest BCUT2D eigenvalue weighted by Crippen LogP contribution is -2.13. The largest absolute Gasteiger partial charge is 0.501 e. The average molecular weight is 450 g/mol. The second-order valence-electron chi connectivity index (χ2n) is 6.39. The van der Waals surface area contributed by atoms with Gasteiger partial charge in [0.05, 0.1) is 12.6 Å². The lowest BCUT2D eigenvalue weighted by Gasteiger charge is -2.12. The van der Waals surface area contributed by atoms with Gasteiger partial charge in [0.15, 0.2) is 0 Å². The van der Waals surface area contributed by atoms with Crippen LogP contribution in [0.2, 0.25) is 5.02 Å². The summed E-state index contributed by atoms with van der Waals surface area (Å²) in [6.45, 7) is 1.73. The van der Waals surface area contributed by atoms with Crippen molar-refractivity contribution in [3.63, 3.8) is 0 Å². The first-order valence-electron chi connectivity index (χ1n) is 8.87. The van der Waals surface area contributed by atoms with Gasteiger partial charge in [0, 0.05) is 41.4 Å². The van der Waals surface area contributed by atoms with E-state index in [0.29, 0.717) is 38.5 Å². The molecular formula is C21H21ClNO6P. The number of methoxy groups -OCH3 is 1. The summed E-state index contributed by atoms with van der Waals surface area (Å²) in [5.74, 6) is 0.287. The van der Waals surface area contributed by atoms with Gasteiger partial charge in [-0.25, -0.2) is 0 Å². The van der Waals surface area contributed by atoms with Gasteiger partial charge in [0.25, 0.3) is 5.91 Å². The molecule has 0 bridgehead atoms. The van der Waals surface area contributed by atoms with Crippen LogP contribution >= 0.6 is 19.2 Å². The van der Waals surface area contributed by atoms with Crippen molar-refractivity contribution in [3.8, 4) is 5.75 Å². The molecule has 7 nitrogen and oxygen atoms in total. The minimum Gasteiger partial charge on any atom is -0.501 e. The summed E-state index contributed by atoms with van der Waals surface area (Å²) in [6, 6.07) is 11.8. The molecule has 158 valence electrons. The van der Waals surface area contributed by atoms with E-state index in [9.17, 15) is 14.5 Å². The highest BCUT2D eigenvalue weighted by molar-refractivity contribution is 7.58. The molecule has 1 heterocycles. The average Bonchev–Trinajstić information content (AvgIpc) is 3.03. The zero-order valence-corrected chi connectivity index (χ0v) is 18.5. The number of aliphatic hydroxyl groups is 1. The Morgan fingerprint density at radius 1 is 1.10 bits per heavy atom. The van der Waals surface area contributed by atoms with Crippen molar-refractivity contribution < 1.29 is 28.3 Å². The number of aromatic nitrogens is 1. The van der Waals surface area contributed by atoms with E-state index in [0.717, 1.165) is 0 Å². The summed E-state index contributed by atoms with van der Waals surface area (Å²) in [4.78, 5) is 13.3. The molecule has 2 aromatic carbocycles. The van der Waals surface area contributed by atoms with Crippen molar-refractivity contribution in [2.75, 3.05) is 21.3 Å². The van der Waals surface area contributed by atoms with Crippen molar-refractivity contribution >= 4 is 42.1 Å². The fourth-order valence-electron chi connectivity index (χ4n) is 3.18. The molecule has 0 aliphatic rings. The number of nitrogens with zero attached hydrogens (tertiary/aromatic N) is 1. The highest BCUT2D eigenvalue weighted by Gasteiger charge is 2.29. The highest BCUT2D eigenvalue weighted by Crippen LogP contribution is 2.54. The minimum atomic E-state index is -3.86. The quantitative estimate of drug-likeness (QED) is 0.387. The van der Waals surface area contributed by atoms with Crippen LogP contribution in [-0.4, -0.2) is 36.9 Å². The lowest BCUT2D eigenvalue weighted by molar-refractivity contribution is 0.0963. The van der Waals surface area contributed by atoms with Crippen LogP contribution in [0.3, 0.4) is 0 Å². The molecule has 0 amide bonds. The highest BCUT2D eigenvalue weighted by atomic mass is 35.5. The second-order valence-corrected chi connectivity index (χ2v) is 9.01. The number of hydrogen-bond acceptors (Lipinski definition) is 6. The number of halogens is 1. The molecule has 0 atom stereocenters. The molecule has 0 aliphatic heterocycles. The monoisotopic (exact) mass is 449 g/mol. The van der Waals surface area contributed by atoms with Gasteiger partial charge >= 0.3 is 7.60 Å². The predicted octanol–water partition coefficient (Wildman–Crippen LogP) is 5.64. The van der Waals surface area contributed by atoms with E-state index in [4.69, 9.17) is 25.4 Å². The van der Waals surface area contributed by atoms with E-state index >= 15 is 0 Å². The molecule has 9 heteroatoms. The van der Waals surface area contributed by atoms with Crippen molar-refractivity contribution in [2.45, 2.75) is 6.92 Å². The molecule has 0 fully saturated rings. The zero-order valence-electron chi connectivity index (χ0n) is 16.9. The number of hydrogen-bond donors (Lipinski definition) is 1. The minimum absolute atomic E-state index is 0.278. The van der Waals surface area contributed by atoms with Gasteiger partial charge in [-0.15, -0.1) is 0 Å². The van der Waals surface area contributed by atoms with Crippen LogP contribution in [0.4, 0.5) is 0 Å². The van der Waals surface area contributed by atoms with E-state index in [-0.39, 0.29) is 5.91 Å². The van der Waals surface area contributed by atoms with Crippen LogP contribution in [0.25, 0.3) is 17.0 Å². The van der Waals surface area contributed by atoms with Crippen LogP contribution in [0.1, 0.15) is 21.6 Å². The third kappa shape index (κ3) is 3.89. The molecule has 30 heavy (non-hydrogen) atoms. The Hall–Kier alpha value is -2.57. The summed E-state index contributed by atoms with van der Waals surface area (Å²) in [6.07, 6.45) is 1.29. The first kappa shape index (κ1) is 22.1. The lowest BCUT2D eigenvalue weighted by atomic mass is 10.1. The number of aliphatic hydroxyl groups excluding tert-OH is 1. The topological polar surface area (TPSA) is 87.0 Å². The Bertz CT molecular complexity index is 1170. The summed E-state index contributed by atoms with van der Waals surface area (Å²) >= 11 is 5.94. The Morgan fingerprint density at radius 2 is 1.73 bits per heavy atom. The SMILES string of the molecule is COc1ccc2c(c1)c(C=C(O)P(=O)(OC)OC)c(C)n2C(=O)c1ccc(Cl)cc1. The summed E-state index contributed by atoms with van der Waals surface area (Å²) in [5.41, 5.74) is 1.48. The van der Waals surface area contributed by atoms with Crippen molar-refractivity contribution in [1.29, 1.82) is 0 Å². The molecule has 0 radical (unpaired) electrons. The van der Waals surface area contributed by atoms with Gasteiger partial charge in [-0.1, -0.05) is 11.6 Å². The second kappa shape index (κ2) is 8.66. The molecule has 3 aromatic rings. The van der Waals surface area contributed by atoms with Crippen LogP contribution in [0, 0.1) is 6.92 Å². The van der Waals surface area contributed by atoms with Crippen LogP contribution in [0.5, 0.6) is 5.75 Å². The molecule has 3 rings (SSSR count). The van der Waals surface area contributed by atoms with Crippen molar-refractivity contribution in [1.82, 2.24) is 4.57 Å². The van der Waals surface area contributed by atoms with Crippen LogP contribution in [-0.2, 0) is 13.6 Å². The maximum atomic E-state index is 13.3. The van der Waals surface area contributed by atoms with Gasteiger partial charge in [-0.05, 0) is 55.5 Å². The fraction of sp³-hybridized carbons (Fsp3) is 0.190. The Balaban J connectivity index is 2.28. The van der Waals surface area contributed by atoms with E-state index in [1.807, 2.05) is 0 Å². The summed E-state index contributed by atoms with van der Waals surface area (Å²) in [7, 11) is 0.0292. The van der Waals surface area contributed by atoms with Gasteiger partial charge in [0.2, 0.25) is 5.50 Å². The number of rotatable bonds is 6. The maximum Gasteiger partial charge on any atom is 0.394 e. The summed E-state index contributed by atoms with van der Waals surface area (Å²) in [5, 5.41) is 11.6. The number of carbonyl (C=O) groups is 1. The third-order valence-electron chi connectivity index (χ3n) is 4.79. The number of fused-ring (bicyclic) bond motifs is 1. The zero-order chi connectivity index (χ0) is 22.1. The summed E-state index contributed by atoms with van der Waals surface area (Å²) < 4.78 is 29.1. The molecule has 0 unspecified atom stereocenters. The predicted molar refractivity (Wildman–Crippen MR) is 117 cm³/mol. The molecule has 0 saturated heterocycles. The van der Waals surface area contributed by atoms with E-state index in [1.54, 1.807) is 49.4 Å².